The first-order chi connectivity index (χ1) is 14.5. The minimum Gasteiger partial charge on any atom is -0.493 e. The number of hydrogen-bond acceptors (Lipinski definition) is 9. The normalized spacial score (nSPS) is 9.47. The number of aldehydes is 1. The summed E-state index contributed by atoms with van der Waals surface area (Å²) in [6.07, 6.45) is 0.670. The molecule has 0 bridgehead atoms. The molecule has 30 heavy (non-hydrogen) atoms. The Hall–Kier alpha value is -3.49. The predicted octanol–water partition coefficient (Wildman–Crippen LogP) is 3.25. The molecule has 0 spiro atoms. The highest BCUT2D eigenvalue weighted by Gasteiger charge is 2.21. The average Bonchev–Trinajstić information content (AvgIpc) is 2.81. The second-order valence-corrected chi connectivity index (χ2v) is 5.42. The van der Waals surface area contributed by atoms with Crippen LogP contribution in [-0.4, -0.2) is 63.2 Å². The highest BCUT2D eigenvalue weighted by molar-refractivity contribution is 5.84. The summed E-state index contributed by atoms with van der Waals surface area (Å²) >= 11 is 0. The Morgan fingerprint density at radius 3 is 1.17 bits per heavy atom. The van der Waals surface area contributed by atoms with E-state index in [0.717, 1.165) is 0 Å². The zero-order valence-corrected chi connectivity index (χ0v) is 18.5. The van der Waals surface area contributed by atoms with Gasteiger partial charge in [-0.3, -0.25) is 4.79 Å². The van der Waals surface area contributed by atoms with Crippen LogP contribution in [0.25, 0.3) is 0 Å². The van der Waals surface area contributed by atoms with E-state index in [4.69, 9.17) is 37.9 Å². The van der Waals surface area contributed by atoms with Gasteiger partial charge >= 0.3 is 0 Å². The molecule has 0 aromatic heterocycles. The average molecular weight is 424 g/mol. The topological polar surface area (TPSA) is 90.9 Å². The fourth-order valence-corrected chi connectivity index (χ4v) is 2.68. The van der Waals surface area contributed by atoms with E-state index in [1.54, 1.807) is 40.6 Å². The molecule has 0 N–H and O–H groups in total. The van der Waals surface area contributed by atoms with Crippen LogP contribution in [0.5, 0.6) is 46.0 Å². The summed E-state index contributed by atoms with van der Waals surface area (Å²) in [4.78, 5) is 10.9. The van der Waals surface area contributed by atoms with Crippen molar-refractivity contribution in [1.82, 2.24) is 0 Å². The zero-order chi connectivity index (χ0) is 22.7. The first kappa shape index (κ1) is 24.5. The van der Waals surface area contributed by atoms with Crippen molar-refractivity contribution in [3.63, 3.8) is 0 Å². The van der Waals surface area contributed by atoms with Gasteiger partial charge in [0.15, 0.2) is 29.3 Å². The van der Waals surface area contributed by atoms with Crippen LogP contribution in [0.15, 0.2) is 18.2 Å². The Morgan fingerprint density at radius 2 is 0.867 bits per heavy atom. The van der Waals surface area contributed by atoms with Crippen molar-refractivity contribution >= 4 is 6.29 Å². The molecule has 0 aliphatic carbocycles. The molecule has 166 valence electrons. The highest BCUT2D eigenvalue weighted by Crippen LogP contribution is 2.46. The first-order valence-electron chi connectivity index (χ1n) is 8.66. The number of carbonyl (C=O) groups excluding carboxylic acids is 1. The predicted molar refractivity (Wildman–Crippen MR) is 111 cm³/mol. The molecular weight excluding hydrogens is 396 g/mol. The van der Waals surface area contributed by atoms with Crippen LogP contribution in [-0.2, 0) is 0 Å². The summed E-state index contributed by atoms with van der Waals surface area (Å²) in [5, 5.41) is 0. The van der Waals surface area contributed by atoms with Crippen LogP contribution >= 0.6 is 0 Å². The van der Waals surface area contributed by atoms with Gasteiger partial charge in [0.2, 0.25) is 23.0 Å². The number of carbonyl (C=O) groups is 1. The van der Waals surface area contributed by atoms with Gasteiger partial charge in [-0.2, -0.15) is 0 Å². The van der Waals surface area contributed by atoms with Crippen LogP contribution in [0, 0.1) is 0 Å². The lowest BCUT2D eigenvalue weighted by molar-refractivity contribution is 0.111. The number of hydrogen-bond donors (Lipinski definition) is 0. The van der Waals surface area contributed by atoms with Crippen LogP contribution in [0.3, 0.4) is 0 Å². The molecule has 0 aliphatic rings. The highest BCUT2D eigenvalue weighted by atomic mass is 16.6. The van der Waals surface area contributed by atoms with Crippen molar-refractivity contribution in [1.29, 1.82) is 0 Å². The molecule has 0 amide bonds. The van der Waals surface area contributed by atoms with E-state index < -0.39 is 0 Å². The maximum Gasteiger partial charge on any atom is 0.208 e. The lowest BCUT2D eigenvalue weighted by Gasteiger charge is -2.16. The van der Waals surface area contributed by atoms with E-state index in [0.29, 0.717) is 57.8 Å². The molecule has 9 heteroatoms. The van der Waals surface area contributed by atoms with E-state index in [1.165, 1.54) is 34.5 Å². The van der Waals surface area contributed by atoms with Gasteiger partial charge in [0.05, 0.1) is 62.4 Å². The zero-order valence-electron chi connectivity index (χ0n) is 18.5. The second kappa shape index (κ2) is 12.2. The van der Waals surface area contributed by atoms with Crippen molar-refractivity contribution < 1.29 is 42.7 Å². The molecule has 0 unspecified atom stereocenters. The molecule has 0 saturated heterocycles. The van der Waals surface area contributed by atoms with Gasteiger partial charge in [-0.25, -0.2) is 0 Å². The third kappa shape index (κ3) is 5.11. The Balaban J connectivity index is 0.000000303. The van der Waals surface area contributed by atoms with Gasteiger partial charge in [0, 0.05) is 0 Å². The second-order valence-electron chi connectivity index (χ2n) is 5.42. The molecule has 0 saturated carbocycles. The molecular formula is C21H28O9. The van der Waals surface area contributed by atoms with Gasteiger partial charge in [-0.05, 0) is 18.2 Å². The summed E-state index contributed by atoms with van der Waals surface area (Å²) in [6, 6.07) is 5.06. The number of methoxy groups -OCH3 is 8. The number of rotatable bonds is 9. The lowest BCUT2D eigenvalue weighted by atomic mass is 10.1. The molecule has 9 nitrogen and oxygen atoms in total. The molecule has 0 atom stereocenters. The van der Waals surface area contributed by atoms with Crippen molar-refractivity contribution in [3.05, 3.63) is 23.8 Å². The molecule has 2 aromatic carbocycles. The van der Waals surface area contributed by atoms with Gasteiger partial charge < -0.3 is 37.9 Å². The molecule has 0 aliphatic heterocycles. The maximum atomic E-state index is 10.9. The smallest absolute Gasteiger partial charge is 0.208 e. The van der Waals surface area contributed by atoms with Gasteiger partial charge in [-0.15, -0.1) is 0 Å². The van der Waals surface area contributed by atoms with Gasteiger partial charge in [-0.1, -0.05) is 0 Å². The van der Waals surface area contributed by atoms with Crippen molar-refractivity contribution in [3.8, 4) is 46.0 Å². The molecule has 2 rings (SSSR count). The number of benzene rings is 2. The Labute approximate surface area is 176 Å². The monoisotopic (exact) mass is 424 g/mol. The molecule has 0 fully saturated rings. The van der Waals surface area contributed by atoms with Crippen molar-refractivity contribution in [2.24, 2.45) is 0 Å². The Bertz CT molecular complexity index is 803. The lowest BCUT2D eigenvalue weighted by Crippen LogP contribution is -2.00. The number of ether oxygens (including phenoxy) is 8. The largest absolute Gasteiger partial charge is 0.493 e. The van der Waals surface area contributed by atoms with Gasteiger partial charge in [0.25, 0.3) is 0 Å². The molecule has 2 aromatic rings. The van der Waals surface area contributed by atoms with E-state index in [2.05, 4.69) is 0 Å². The van der Waals surface area contributed by atoms with E-state index in [9.17, 15) is 4.79 Å². The SMILES string of the molecule is COc1cc(C=O)c(OC)c(OC)c1OC.COc1ccc(OC)c(OC)c1OC. The first-order valence-corrected chi connectivity index (χ1v) is 8.66. The Morgan fingerprint density at radius 1 is 0.500 bits per heavy atom. The van der Waals surface area contributed by atoms with Crippen LogP contribution < -0.4 is 37.9 Å². The van der Waals surface area contributed by atoms with Crippen LogP contribution in [0.1, 0.15) is 10.4 Å². The van der Waals surface area contributed by atoms with Crippen molar-refractivity contribution in [2.45, 2.75) is 0 Å². The van der Waals surface area contributed by atoms with E-state index in [-0.39, 0.29) is 0 Å². The summed E-state index contributed by atoms with van der Waals surface area (Å²) < 4.78 is 41.1. The van der Waals surface area contributed by atoms with Crippen molar-refractivity contribution in [2.75, 3.05) is 56.9 Å². The maximum absolute atomic E-state index is 10.9. The third-order valence-electron chi connectivity index (χ3n) is 4.03. The van der Waals surface area contributed by atoms with E-state index in [1.807, 2.05) is 0 Å². The third-order valence-corrected chi connectivity index (χ3v) is 4.03. The summed E-state index contributed by atoms with van der Waals surface area (Å²) in [5.41, 5.74) is 0.344. The standard InChI is InChI=1S/C11H14O5.C10H14O4/c1-13-8-5-7(6-12)9(14-2)11(16-4)10(8)15-3;1-11-7-5-6-8(12-2)10(14-4)9(7)13-3/h5-6H,1-4H3;5-6H,1-4H3. The minimum atomic E-state index is 0.329. The molecule has 0 heterocycles. The fraction of sp³-hybridized carbons (Fsp3) is 0.381. The minimum absolute atomic E-state index is 0.329. The summed E-state index contributed by atoms with van der Waals surface area (Å²) in [7, 11) is 12.1. The van der Waals surface area contributed by atoms with E-state index >= 15 is 0 Å². The summed E-state index contributed by atoms with van der Waals surface area (Å²) in [5.74, 6) is 3.79. The molecule has 0 radical (unpaired) electrons. The van der Waals surface area contributed by atoms with Crippen LogP contribution in [0.4, 0.5) is 0 Å². The Kier molecular flexibility index (Phi) is 9.94. The fourth-order valence-electron chi connectivity index (χ4n) is 2.68. The summed E-state index contributed by atoms with van der Waals surface area (Å²) in [6.45, 7) is 0. The van der Waals surface area contributed by atoms with Gasteiger partial charge in [0.1, 0.15) is 0 Å². The quantitative estimate of drug-likeness (QED) is 0.563. The van der Waals surface area contributed by atoms with Crippen LogP contribution in [0.2, 0.25) is 0 Å².